The van der Waals surface area contributed by atoms with Crippen molar-refractivity contribution in [3.05, 3.63) is 69.8 Å². The van der Waals surface area contributed by atoms with Gasteiger partial charge in [0.15, 0.2) is 0 Å². The average Bonchev–Trinajstić information content (AvgIpc) is 2.65. The molecule has 0 fully saturated rings. The molecule has 11 heteroatoms. The van der Waals surface area contributed by atoms with E-state index < -0.39 is 33.0 Å². The van der Waals surface area contributed by atoms with Crippen molar-refractivity contribution in [2.75, 3.05) is 0 Å². The number of carboxylic acids is 1. The van der Waals surface area contributed by atoms with Gasteiger partial charge in [0, 0.05) is 18.7 Å². The molecule has 29 heavy (non-hydrogen) atoms. The number of hydrogen-bond donors (Lipinski definition) is 2. The van der Waals surface area contributed by atoms with Crippen molar-refractivity contribution < 1.29 is 28.0 Å². The van der Waals surface area contributed by atoms with Crippen LogP contribution in [-0.2, 0) is 21.4 Å². The van der Waals surface area contributed by atoms with Crippen LogP contribution in [0, 0.1) is 17.0 Å². The number of rotatable bonds is 7. The molecule has 0 saturated heterocycles. The molecule has 1 atom stereocenters. The number of nitrogens with one attached hydrogen (secondary N) is 1. The van der Waals surface area contributed by atoms with Crippen LogP contribution in [0.1, 0.15) is 18.1 Å². The molecular weight excluding hydrogens is 402 g/mol. The molecule has 0 unspecified atom stereocenters. The number of amides is 2. The zero-order valence-corrected chi connectivity index (χ0v) is 16.4. The van der Waals surface area contributed by atoms with E-state index in [-0.39, 0.29) is 17.1 Å². The molecule has 0 heterocycles. The summed E-state index contributed by atoms with van der Waals surface area (Å²) in [4.78, 5) is 34.9. The molecule has 2 N–H and O–H groups in total. The van der Waals surface area contributed by atoms with Crippen LogP contribution < -0.4 is 4.72 Å². The fourth-order valence-corrected chi connectivity index (χ4v) is 3.73. The van der Waals surface area contributed by atoms with Gasteiger partial charge in [-0.15, -0.1) is 0 Å². The molecule has 10 nitrogen and oxygen atoms in total. The summed E-state index contributed by atoms with van der Waals surface area (Å²) < 4.78 is 27.0. The topological polar surface area (TPSA) is 147 Å². The minimum absolute atomic E-state index is 0.105. The summed E-state index contributed by atoms with van der Waals surface area (Å²) in [7, 11) is -4.23. The van der Waals surface area contributed by atoms with Gasteiger partial charge in [0.2, 0.25) is 0 Å². The molecule has 2 rings (SSSR count). The van der Waals surface area contributed by atoms with Gasteiger partial charge in [-0.3, -0.25) is 10.1 Å². The summed E-state index contributed by atoms with van der Waals surface area (Å²) in [5.41, 5.74) is 0.645. The molecular formula is C18H19N3O7S. The summed E-state index contributed by atoms with van der Waals surface area (Å²) >= 11 is 0. The third kappa shape index (κ3) is 5.29. The van der Waals surface area contributed by atoms with Crippen molar-refractivity contribution in [2.24, 2.45) is 0 Å². The predicted molar refractivity (Wildman–Crippen MR) is 103 cm³/mol. The number of aliphatic carboxylic acids is 1. The molecule has 2 amide bonds. The van der Waals surface area contributed by atoms with Crippen LogP contribution in [0.15, 0.2) is 53.4 Å². The van der Waals surface area contributed by atoms with E-state index >= 15 is 0 Å². The van der Waals surface area contributed by atoms with Gasteiger partial charge in [-0.25, -0.2) is 22.7 Å². The van der Waals surface area contributed by atoms with Gasteiger partial charge in [0.25, 0.3) is 15.7 Å². The first-order valence-electron chi connectivity index (χ1n) is 8.38. The summed E-state index contributed by atoms with van der Waals surface area (Å²) in [6, 6.07) is 8.70. The number of aryl methyl sites for hydroxylation is 1. The minimum atomic E-state index is -4.23. The van der Waals surface area contributed by atoms with Crippen LogP contribution in [0.3, 0.4) is 0 Å². The molecule has 0 aliphatic rings. The number of nitro groups is 1. The number of carbonyl (C=O) groups is 2. The molecule has 154 valence electrons. The van der Waals surface area contributed by atoms with Crippen molar-refractivity contribution in [1.82, 2.24) is 9.62 Å². The zero-order chi connectivity index (χ0) is 21.8. The number of benzene rings is 2. The maximum Gasteiger partial charge on any atom is 0.332 e. The molecule has 0 radical (unpaired) electrons. The SMILES string of the molecule is Cc1ccccc1S(=O)(=O)NC(=O)N(Cc1ccc([N+](=O)[O-])cc1)[C@@H](C)C(=O)O. The van der Waals surface area contributed by atoms with Gasteiger partial charge in [-0.1, -0.05) is 30.3 Å². The molecule has 0 bridgehead atoms. The normalized spacial score (nSPS) is 12.1. The van der Waals surface area contributed by atoms with Crippen LogP contribution in [0.2, 0.25) is 0 Å². The lowest BCUT2D eigenvalue weighted by molar-refractivity contribution is -0.384. The fourth-order valence-electron chi connectivity index (χ4n) is 2.52. The van der Waals surface area contributed by atoms with Crippen molar-refractivity contribution in [1.29, 1.82) is 0 Å². The molecule has 0 spiro atoms. The Morgan fingerprint density at radius 2 is 1.76 bits per heavy atom. The third-order valence-electron chi connectivity index (χ3n) is 4.19. The third-order valence-corrected chi connectivity index (χ3v) is 5.67. The quantitative estimate of drug-likeness (QED) is 0.515. The standard InChI is InChI=1S/C18H19N3O7S/c1-12-5-3-4-6-16(12)29(27,28)19-18(24)20(13(2)17(22)23)11-14-7-9-15(10-8-14)21(25)26/h3-10,13H,11H2,1-2H3,(H,19,24)(H,22,23)/t13-/m0/s1. The van der Waals surface area contributed by atoms with E-state index in [0.717, 1.165) is 4.90 Å². The molecule has 0 aliphatic carbocycles. The summed E-state index contributed by atoms with van der Waals surface area (Å²) in [5.74, 6) is -1.34. The lowest BCUT2D eigenvalue weighted by Crippen LogP contribution is -2.49. The number of non-ortho nitro benzene ring substituents is 1. The lowest BCUT2D eigenvalue weighted by atomic mass is 10.1. The second-order valence-corrected chi connectivity index (χ2v) is 7.89. The number of nitrogens with zero attached hydrogens (tertiary/aromatic N) is 2. The van der Waals surface area contributed by atoms with Crippen LogP contribution >= 0.6 is 0 Å². The van der Waals surface area contributed by atoms with E-state index in [2.05, 4.69) is 0 Å². The average molecular weight is 421 g/mol. The van der Waals surface area contributed by atoms with Gasteiger partial charge < -0.3 is 10.0 Å². The summed E-state index contributed by atoms with van der Waals surface area (Å²) in [5, 5.41) is 20.0. The highest BCUT2D eigenvalue weighted by molar-refractivity contribution is 7.90. The number of hydrogen-bond acceptors (Lipinski definition) is 6. The van der Waals surface area contributed by atoms with Gasteiger partial charge in [0.1, 0.15) is 6.04 Å². The monoisotopic (exact) mass is 421 g/mol. The molecule has 0 aromatic heterocycles. The summed E-state index contributed by atoms with van der Waals surface area (Å²) in [6.45, 7) is 2.53. The maximum atomic E-state index is 12.6. The smallest absolute Gasteiger partial charge is 0.332 e. The van der Waals surface area contributed by atoms with E-state index in [1.54, 1.807) is 19.1 Å². The van der Waals surface area contributed by atoms with Crippen LogP contribution in [0.4, 0.5) is 10.5 Å². The number of urea groups is 1. The maximum absolute atomic E-state index is 12.6. The predicted octanol–water partition coefficient (Wildman–Crippen LogP) is 2.28. The van der Waals surface area contributed by atoms with E-state index in [0.29, 0.717) is 11.1 Å². The van der Waals surface area contributed by atoms with Gasteiger partial charge in [0.05, 0.1) is 9.82 Å². The van der Waals surface area contributed by atoms with E-state index in [4.69, 9.17) is 0 Å². The summed E-state index contributed by atoms with van der Waals surface area (Å²) in [6.07, 6.45) is 0. The van der Waals surface area contributed by atoms with Crippen molar-refractivity contribution in [3.63, 3.8) is 0 Å². The first-order chi connectivity index (χ1) is 13.5. The highest BCUT2D eigenvalue weighted by Crippen LogP contribution is 2.17. The van der Waals surface area contributed by atoms with Gasteiger partial charge in [-0.05, 0) is 31.0 Å². The van der Waals surface area contributed by atoms with E-state index in [1.807, 2.05) is 4.72 Å². The second kappa shape index (κ2) is 8.69. The Labute approximate surface area is 167 Å². The van der Waals surface area contributed by atoms with Crippen LogP contribution in [-0.4, -0.2) is 41.4 Å². The number of carbonyl (C=O) groups excluding carboxylic acids is 1. The first-order valence-corrected chi connectivity index (χ1v) is 9.86. The van der Waals surface area contributed by atoms with Crippen LogP contribution in [0.25, 0.3) is 0 Å². The van der Waals surface area contributed by atoms with Crippen molar-refractivity contribution >= 4 is 27.7 Å². The molecule has 0 saturated carbocycles. The largest absolute Gasteiger partial charge is 0.480 e. The minimum Gasteiger partial charge on any atom is -0.480 e. The Hall–Kier alpha value is -3.47. The van der Waals surface area contributed by atoms with E-state index in [9.17, 15) is 33.2 Å². The van der Waals surface area contributed by atoms with Crippen molar-refractivity contribution in [3.8, 4) is 0 Å². The van der Waals surface area contributed by atoms with E-state index in [1.165, 1.54) is 43.3 Å². The second-order valence-electron chi connectivity index (χ2n) is 6.24. The lowest BCUT2D eigenvalue weighted by Gasteiger charge is -2.26. The Balaban J connectivity index is 2.29. The molecule has 2 aromatic rings. The zero-order valence-electron chi connectivity index (χ0n) is 15.6. The Morgan fingerprint density at radius 3 is 2.28 bits per heavy atom. The highest BCUT2D eigenvalue weighted by Gasteiger charge is 2.29. The highest BCUT2D eigenvalue weighted by atomic mass is 32.2. The van der Waals surface area contributed by atoms with Crippen molar-refractivity contribution in [2.45, 2.75) is 31.3 Å². The Morgan fingerprint density at radius 1 is 1.17 bits per heavy atom. The number of carboxylic acid groups (broad SMARTS) is 1. The number of nitro benzene ring substituents is 1. The molecule has 0 aliphatic heterocycles. The van der Waals surface area contributed by atoms with Crippen LogP contribution in [0.5, 0.6) is 0 Å². The number of sulfonamides is 1. The fraction of sp³-hybridized carbons (Fsp3) is 0.222. The Bertz CT molecular complexity index is 1040. The van der Waals surface area contributed by atoms with Gasteiger partial charge >= 0.3 is 12.0 Å². The Kier molecular flexibility index (Phi) is 6.54. The van der Waals surface area contributed by atoms with Gasteiger partial charge in [-0.2, -0.15) is 0 Å². The molecule has 2 aromatic carbocycles. The first kappa shape index (κ1) is 21.8.